The molecule has 2 aromatic carbocycles. The molecule has 2 aromatic rings. The number of nitrogens with one attached hydrogen (secondary N) is 2. The molecule has 0 spiro atoms. The lowest BCUT2D eigenvalue weighted by Crippen LogP contribution is -2.43. The summed E-state index contributed by atoms with van der Waals surface area (Å²) < 4.78 is 5.14. The minimum Gasteiger partial charge on any atom is -0.454 e. The first kappa shape index (κ1) is 23.8. The summed E-state index contributed by atoms with van der Waals surface area (Å²) in [6.07, 6.45) is 3.18. The lowest BCUT2D eigenvalue weighted by Gasteiger charge is -2.17. The second-order valence-electron chi connectivity index (χ2n) is 6.49. The zero-order chi connectivity index (χ0) is 21.9. The number of halogens is 1. The molecule has 0 heterocycles. The van der Waals surface area contributed by atoms with Crippen molar-refractivity contribution in [3.63, 3.8) is 0 Å². The van der Waals surface area contributed by atoms with E-state index in [1.807, 2.05) is 25.3 Å². The molecule has 2 amide bonds. The Morgan fingerprint density at radius 3 is 2.43 bits per heavy atom. The Kier molecular flexibility index (Phi) is 9.70. The molecule has 0 fully saturated rings. The molecule has 2 N–H and O–H groups in total. The number of carbonyl (C=O) groups is 3. The van der Waals surface area contributed by atoms with Gasteiger partial charge in [0, 0.05) is 5.69 Å². The Morgan fingerprint density at radius 2 is 1.80 bits per heavy atom. The molecule has 6 nitrogen and oxygen atoms in total. The third-order valence-corrected chi connectivity index (χ3v) is 5.28. The third-order valence-electron chi connectivity index (χ3n) is 4.31. The van der Waals surface area contributed by atoms with E-state index in [1.54, 1.807) is 36.4 Å². The van der Waals surface area contributed by atoms with Crippen molar-refractivity contribution in [3.05, 3.63) is 64.7 Å². The molecule has 0 aliphatic heterocycles. The van der Waals surface area contributed by atoms with E-state index in [0.29, 0.717) is 22.9 Å². The zero-order valence-corrected chi connectivity index (χ0v) is 18.5. The molecule has 0 aromatic heterocycles. The van der Waals surface area contributed by atoms with Gasteiger partial charge in [0.05, 0.1) is 10.6 Å². The largest absolute Gasteiger partial charge is 0.454 e. The van der Waals surface area contributed by atoms with Crippen molar-refractivity contribution in [2.24, 2.45) is 0 Å². The highest BCUT2D eigenvalue weighted by atomic mass is 35.5. The van der Waals surface area contributed by atoms with E-state index in [2.05, 4.69) is 10.6 Å². The highest BCUT2D eigenvalue weighted by molar-refractivity contribution is 7.98. The van der Waals surface area contributed by atoms with E-state index in [-0.39, 0.29) is 5.56 Å². The maximum Gasteiger partial charge on any atom is 0.329 e. The molecule has 2 rings (SSSR count). The van der Waals surface area contributed by atoms with Crippen LogP contribution in [-0.4, -0.2) is 42.4 Å². The van der Waals surface area contributed by atoms with Crippen LogP contribution in [0.3, 0.4) is 0 Å². The van der Waals surface area contributed by atoms with Gasteiger partial charge in [0.25, 0.3) is 11.8 Å². The number of carbonyl (C=O) groups excluding carboxylic acids is 3. The number of aryl methyl sites for hydroxylation is 1. The fourth-order valence-electron chi connectivity index (χ4n) is 2.62. The molecule has 0 bridgehead atoms. The van der Waals surface area contributed by atoms with Gasteiger partial charge in [-0.05, 0) is 54.7 Å². The number of ether oxygens (including phenoxy) is 1. The number of hydrogen-bond donors (Lipinski definition) is 2. The fourth-order valence-corrected chi connectivity index (χ4v) is 3.32. The second-order valence-corrected chi connectivity index (χ2v) is 7.89. The van der Waals surface area contributed by atoms with Gasteiger partial charge in [-0.3, -0.25) is 9.59 Å². The summed E-state index contributed by atoms with van der Waals surface area (Å²) in [5.74, 6) is -0.947. The monoisotopic (exact) mass is 448 g/mol. The molecule has 30 heavy (non-hydrogen) atoms. The molecule has 1 unspecified atom stereocenters. The normalized spacial score (nSPS) is 11.4. The summed E-state index contributed by atoms with van der Waals surface area (Å²) in [6.45, 7) is 1.61. The number of anilines is 1. The number of amides is 2. The average molecular weight is 449 g/mol. The van der Waals surface area contributed by atoms with Gasteiger partial charge in [0.1, 0.15) is 6.04 Å². The van der Waals surface area contributed by atoms with Crippen LogP contribution in [0.5, 0.6) is 0 Å². The van der Waals surface area contributed by atoms with Crippen LogP contribution in [0.4, 0.5) is 5.69 Å². The Bertz CT molecular complexity index is 874. The second kappa shape index (κ2) is 12.2. The average Bonchev–Trinajstić information content (AvgIpc) is 2.75. The molecule has 0 aliphatic rings. The van der Waals surface area contributed by atoms with E-state index < -0.39 is 30.4 Å². The highest BCUT2D eigenvalue weighted by Gasteiger charge is 2.24. The number of thioether (sulfide) groups is 1. The standard InChI is InChI=1S/C22H25ClN2O4S/c1-3-15-8-10-16(11-9-15)24-20(26)14-29-22(28)19(12-13-30-2)25-21(27)17-6-4-5-7-18(17)23/h4-11,19H,3,12-14H2,1-2H3,(H,24,26)(H,25,27). The molecule has 0 radical (unpaired) electrons. The maximum atomic E-state index is 12.5. The topological polar surface area (TPSA) is 84.5 Å². The fraction of sp³-hybridized carbons (Fsp3) is 0.318. The van der Waals surface area contributed by atoms with Gasteiger partial charge in [-0.2, -0.15) is 11.8 Å². The molecule has 0 aliphatic carbocycles. The highest BCUT2D eigenvalue weighted by Crippen LogP contribution is 2.15. The minimum absolute atomic E-state index is 0.273. The lowest BCUT2D eigenvalue weighted by atomic mass is 10.1. The summed E-state index contributed by atoms with van der Waals surface area (Å²) in [5.41, 5.74) is 2.05. The summed E-state index contributed by atoms with van der Waals surface area (Å²) in [6, 6.07) is 13.1. The van der Waals surface area contributed by atoms with E-state index >= 15 is 0 Å². The van der Waals surface area contributed by atoms with Crippen LogP contribution in [0.1, 0.15) is 29.3 Å². The van der Waals surface area contributed by atoms with Crippen LogP contribution < -0.4 is 10.6 Å². The number of esters is 1. The van der Waals surface area contributed by atoms with Crippen LogP contribution in [0.25, 0.3) is 0 Å². The summed E-state index contributed by atoms with van der Waals surface area (Å²) in [5, 5.41) is 5.62. The van der Waals surface area contributed by atoms with E-state index in [9.17, 15) is 14.4 Å². The molecular formula is C22H25ClN2O4S. The van der Waals surface area contributed by atoms with Crippen molar-refractivity contribution >= 4 is 46.8 Å². The first-order chi connectivity index (χ1) is 14.4. The van der Waals surface area contributed by atoms with Gasteiger partial charge < -0.3 is 15.4 Å². The van der Waals surface area contributed by atoms with Gasteiger partial charge in [-0.1, -0.05) is 42.8 Å². The van der Waals surface area contributed by atoms with Crippen molar-refractivity contribution in [1.29, 1.82) is 0 Å². The van der Waals surface area contributed by atoms with Crippen LogP contribution in [-0.2, 0) is 20.7 Å². The van der Waals surface area contributed by atoms with Gasteiger partial charge >= 0.3 is 5.97 Å². The Morgan fingerprint density at radius 1 is 1.10 bits per heavy atom. The SMILES string of the molecule is CCc1ccc(NC(=O)COC(=O)C(CCSC)NC(=O)c2ccccc2Cl)cc1. The summed E-state index contributed by atoms with van der Waals surface area (Å²) in [4.78, 5) is 37.1. The predicted octanol–water partition coefficient (Wildman–Crippen LogP) is 3.94. The van der Waals surface area contributed by atoms with E-state index in [0.717, 1.165) is 12.0 Å². The van der Waals surface area contributed by atoms with Gasteiger partial charge in [-0.25, -0.2) is 4.79 Å². The van der Waals surface area contributed by atoms with Gasteiger partial charge in [0.2, 0.25) is 0 Å². The van der Waals surface area contributed by atoms with Crippen LogP contribution in [0.15, 0.2) is 48.5 Å². The molecule has 0 saturated carbocycles. The van der Waals surface area contributed by atoms with Crippen molar-refractivity contribution in [1.82, 2.24) is 5.32 Å². The lowest BCUT2D eigenvalue weighted by molar-refractivity contribution is -0.149. The molecule has 160 valence electrons. The minimum atomic E-state index is -0.877. The number of rotatable bonds is 10. The van der Waals surface area contributed by atoms with Crippen molar-refractivity contribution < 1.29 is 19.1 Å². The predicted molar refractivity (Wildman–Crippen MR) is 121 cm³/mol. The molecule has 0 saturated heterocycles. The van der Waals surface area contributed by atoms with Crippen LogP contribution >= 0.6 is 23.4 Å². The van der Waals surface area contributed by atoms with Gasteiger partial charge in [0.15, 0.2) is 6.61 Å². The molecule has 8 heteroatoms. The quantitative estimate of drug-likeness (QED) is 0.538. The van der Waals surface area contributed by atoms with Crippen LogP contribution in [0.2, 0.25) is 5.02 Å². The smallest absolute Gasteiger partial charge is 0.329 e. The zero-order valence-electron chi connectivity index (χ0n) is 16.9. The van der Waals surface area contributed by atoms with Crippen molar-refractivity contribution in [2.75, 3.05) is 23.9 Å². The Hall–Kier alpha value is -2.51. The Labute approximate surface area is 185 Å². The molecular weight excluding hydrogens is 424 g/mol. The third kappa shape index (κ3) is 7.39. The summed E-state index contributed by atoms with van der Waals surface area (Å²) >= 11 is 7.59. The van der Waals surface area contributed by atoms with E-state index in [4.69, 9.17) is 16.3 Å². The van der Waals surface area contributed by atoms with Crippen LogP contribution in [0, 0.1) is 0 Å². The van der Waals surface area contributed by atoms with Crippen molar-refractivity contribution in [3.8, 4) is 0 Å². The number of benzene rings is 2. The first-order valence-corrected chi connectivity index (χ1v) is 11.3. The van der Waals surface area contributed by atoms with Gasteiger partial charge in [-0.15, -0.1) is 0 Å². The summed E-state index contributed by atoms with van der Waals surface area (Å²) in [7, 11) is 0. The Balaban J connectivity index is 1.92. The number of hydrogen-bond acceptors (Lipinski definition) is 5. The maximum absolute atomic E-state index is 12.5. The van der Waals surface area contributed by atoms with E-state index in [1.165, 1.54) is 11.8 Å². The molecule has 1 atom stereocenters. The van der Waals surface area contributed by atoms with Crippen molar-refractivity contribution in [2.45, 2.75) is 25.8 Å². The first-order valence-electron chi connectivity index (χ1n) is 9.54.